The molecule has 0 atom stereocenters. The van der Waals surface area contributed by atoms with Gasteiger partial charge in [0.25, 0.3) is 0 Å². The van der Waals surface area contributed by atoms with Gasteiger partial charge in [0.2, 0.25) is 0 Å². The Hall–Kier alpha value is -2.55. The summed E-state index contributed by atoms with van der Waals surface area (Å²) in [6.45, 7) is 2.85. The van der Waals surface area contributed by atoms with E-state index in [1.165, 1.54) is 11.1 Å². The standard InChI is InChI=1S/C18H18N2O/c1-13-6-7-17-16(10-13)18(8-9-19-17)20-12-14-4-3-5-15(11-14)21-2/h3-11H,12H2,1-2H3,(H,19,20). The minimum atomic E-state index is 0.754. The van der Waals surface area contributed by atoms with Crippen LogP contribution >= 0.6 is 0 Å². The van der Waals surface area contributed by atoms with Crippen molar-refractivity contribution in [2.45, 2.75) is 13.5 Å². The Kier molecular flexibility index (Phi) is 3.73. The zero-order valence-corrected chi connectivity index (χ0v) is 12.3. The Morgan fingerprint density at radius 1 is 1.10 bits per heavy atom. The van der Waals surface area contributed by atoms with E-state index in [1.807, 2.05) is 30.5 Å². The quantitative estimate of drug-likeness (QED) is 0.778. The number of aryl methyl sites for hydroxylation is 1. The second kappa shape index (κ2) is 5.83. The van der Waals surface area contributed by atoms with E-state index in [0.717, 1.165) is 28.9 Å². The van der Waals surface area contributed by atoms with Crippen LogP contribution in [0, 0.1) is 6.92 Å². The number of rotatable bonds is 4. The maximum absolute atomic E-state index is 5.26. The molecule has 21 heavy (non-hydrogen) atoms. The van der Waals surface area contributed by atoms with E-state index in [-0.39, 0.29) is 0 Å². The summed E-state index contributed by atoms with van der Waals surface area (Å²) in [5, 5.41) is 4.64. The van der Waals surface area contributed by atoms with Crippen LogP contribution in [0.3, 0.4) is 0 Å². The molecule has 3 aromatic rings. The highest BCUT2D eigenvalue weighted by atomic mass is 16.5. The van der Waals surface area contributed by atoms with Crippen molar-refractivity contribution in [1.82, 2.24) is 4.98 Å². The van der Waals surface area contributed by atoms with Crippen molar-refractivity contribution in [2.24, 2.45) is 0 Å². The predicted octanol–water partition coefficient (Wildman–Crippen LogP) is 4.16. The van der Waals surface area contributed by atoms with E-state index < -0.39 is 0 Å². The number of benzene rings is 2. The Bertz CT molecular complexity index is 768. The number of aromatic nitrogens is 1. The Morgan fingerprint density at radius 3 is 2.86 bits per heavy atom. The van der Waals surface area contributed by atoms with Crippen LogP contribution in [0.25, 0.3) is 10.9 Å². The summed E-state index contributed by atoms with van der Waals surface area (Å²) in [5.74, 6) is 0.879. The van der Waals surface area contributed by atoms with Gasteiger partial charge in [-0.3, -0.25) is 4.98 Å². The van der Waals surface area contributed by atoms with Gasteiger partial charge in [0.15, 0.2) is 0 Å². The number of fused-ring (bicyclic) bond motifs is 1. The highest BCUT2D eigenvalue weighted by Gasteiger charge is 2.02. The van der Waals surface area contributed by atoms with Crippen molar-refractivity contribution in [3.05, 3.63) is 65.9 Å². The van der Waals surface area contributed by atoms with Crippen molar-refractivity contribution in [1.29, 1.82) is 0 Å². The van der Waals surface area contributed by atoms with E-state index >= 15 is 0 Å². The molecule has 2 aromatic carbocycles. The summed E-state index contributed by atoms with van der Waals surface area (Å²) >= 11 is 0. The van der Waals surface area contributed by atoms with Gasteiger partial charge in [-0.2, -0.15) is 0 Å². The first-order valence-corrected chi connectivity index (χ1v) is 6.98. The van der Waals surface area contributed by atoms with Crippen LogP contribution in [0.15, 0.2) is 54.7 Å². The number of nitrogens with zero attached hydrogens (tertiary/aromatic N) is 1. The zero-order chi connectivity index (χ0) is 14.7. The minimum absolute atomic E-state index is 0.754. The average Bonchev–Trinajstić information content (AvgIpc) is 2.53. The molecule has 3 rings (SSSR count). The molecule has 0 spiro atoms. The number of ether oxygens (including phenoxy) is 1. The third-order valence-electron chi connectivity index (χ3n) is 3.51. The van der Waals surface area contributed by atoms with E-state index in [9.17, 15) is 0 Å². The van der Waals surface area contributed by atoms with Gasteiger partial charge >= 0.3 is 0 Å². The lowest BCUT2D eigenvalue weighted by Gasteiger charge is -2.11. The maximum Gasteiger partial charge on any atom is 0.119 e. The van der Waals surface area contributed by atoms with E-state index in [2.05, 4.69) is 41.5 Å². The van der Waals surface area contributed by atoms with Crippen LogP contribution in [0.2, 0.25) is 0 Å². The van der Waals surface area contributed by atoms with E-state index in [4.69, 9.17) is 4.74 Å². The lowest BCUT2D eigenvalue weighted by Crippen LogP contribution is -2.00. The summed E-state index contributed by atoms with van der Waals surface area (Å²) in [6, 6.07) is 16.4. The fourth-order valence-corrected chi connectivity index (χ4v) is 2.39. The summed E-state index contributed by atoms with van der Waals surface area (Å²) < 4.78 is 5.26. The van der Waals surface area contributed by atoms with Crippen molar-refractivity contribution >= 4 is 16.6 Å². The molecular formula is C18H18N2O. The van der Waals surface area contributed by atoms with Crippen LogP contribution in [-0.4, -0.2) is 12.1 Å². The van der Waals surface area contributed by atoms with Gasteiger partial charge in [-0.25, -0.2) is 0 Å². The number of hydrogen-bond acceptors (Lipinski definition) is 3. The van der Waals surface area contributed by atoms with Crippen molar-refractivity contribution in [2.75, 3.05) is 12.4 Å². The molecule has 0 fully saturated rings. The second-order valence-corrected chi connectivity index (χ2v) is 5.08. The number of hydrogen-bond donors (Lipinski definition) is 1. The number of pyridine rings is 1. The molecule has 0 saturated carbocycles. The van der Waals surface area contributed by atoms with Crippen molar-refractivity contribution in [3.8, 4) is 5.75 Å². The number of methoxy groups -OCH3 is 1. The van der Waals surface area contributed by atoms with Gasteiger partial charge in [0, 0.05) is 23.8 Å². The second-order valence-electron chi connectivity index (χ2n) is 5.08. The monoisotopic (exact) mass is 278 g/mol. The summed E-state index contributed by atoms with van der Waals surface area (Å²) in [5.41, 5.74) is 4.54. The van der Waals surface area contributed by atoms with Gasteiger partial charge in [-0.15, -0.1) is 0 Å². The normalized spacial score (nSPS) is 10.6. The molecule has 0 saturated heterocycles. The molecule has 0 aliphatic rings. The molecule has 1 heterocycles. The zero-order valence-electron chi connectivity index (χ0n) is 12.3. The molecule has 0 bridgehead atoms. The predicted molar refractivity (Wildman–Crippen MR) is 86.8 cm³/mol. The number of nitrogens with one attached hydrogen (secondary N) is 1. The Labute approximate surface area is 124 Å². The minimum Gasteiger partial charge on any atom is -0.497 e. The fraction of sp³-hybridized carbons (Fsp3) is 0.167. The van der Waals surface area contributed by atoms with Gasteiger partial charge in [-0.05, 0) is 42.8 Å². The molecule has 3 heteroatoms. The first kappa shape index (κ1) is 13.4. The highest BCUT2D eigenvalue weighted by molar-refractivity contribution is 5.91. The largest absolute Gasteiger partial charge is 0.497 e. The molecule has 106 valence electrons. The van der Waals surface area contributed by atoms with Gasteiger partial charge in [0.1, 0.15) is 5.75 Å². The topological polar surface area (TPSA) is 34.1 Å². The molecule has 0 amide bonds. The summed E-state index contributed by atoms with van der Waals surface area (Å²) in [4.78, 5) is 4.41. The van der Waals surface area contributed by atoms with Crippen molar-refractivity contribution < 1.29 is 4.74 Å². The first-order valence-electron chi connectivity index (χ1n) is 6.98. The van der Waals surface area contributed by atoms with Crippen molar-refractivity contribution in [3.63, 3.8) is 0 Å². The summed E-state index contributed by atoms with van der Waals surface area (Å²) in [6.07, 6.45) is 1.84. The van der Waals surface area contributed by atoms with Crippen LogP contribution in [-0.2, 0) is 6.54 Å². The molecular weight excluding hydrogens is 260 g/mol. The molecule has 0 aliphatic heterocycles. The van der Waals surface area contributed by atoms with Gasteiger partial charge in [-0.1, -0.05) is 23.8 Å². The van der Waals surface area contributed by atoms with E-state index in [0.29, 0.717) is 0 Å². The van der Waals surface area contributed by atoms with Crippen LogP contribution in [0.5, 0.6) is 5.75 Å². The molecule has 1 aromatic heterocycles. The SMILES string of the molecule is COc1cccc(CNc2ccnc3ccc(C)cc23)c1. The molecule has 1 N–H and O–H groups in total. The average molecular weight is 278 g/mol. The molecule has 0 radical (unpaired) electrons. The van der Waals surface area contributed by atoms with Crippen LogP contribution < -0.4 is 10.1 Å². The Morgan fingerprint density at radius 2 is 2.00 bits per heavy atom. The van der Waals surface area contributed by atoms with Crippen LogP contribution in [0.1, 0.15) is 11.1 Å². The van der Waals surface area contributed by atoms with Crippen LogP contribution in [0.4, 0.5) is 5.69 Å². The van der Waals surface area contributed by atoms with E-state index in [1.54, 1.807) is 7.11 Å². The maximum atomic E-state index is 5.26. The molecule has 0 unspecified atom stereocenters. The van der Waals surface area contributed by atoms with Gasteiger partial charge < -0.3 is 10.1 Å². The molecule has 0 aliphatic carbocycles. The third-order valence-corrected chi connectivity index (χ3v) is 3.51. The first-order chi connectivity index (χ1) is 10.3. The van der Waals surface area contributed by atoms with Gasteiger partial charge in [0.05, 0.1) is 12.6 Å². The summed E-state index contributed by atoms with van der Waals surface area (Å²) in [7, 11) is 1.69. The highest BCUT2D eigenvalue weighted by Crippen LogP contribution is 2.23. The lowest BCUT2D eigenvalue weighted by molar-refractivity contribution is 0.414. The number of anilines is 1. The Balaban J connectivity index is 1.86. The fourth-order valence-electron chi connectivity index (χ4n) is 2.39. The molecule has 3 nitrogen and oxygen atoms in total. The smallest absolute Gasteiger partial charge is 0.119 e. The third kappa shape index (κ3) is 2.97. The lowest BCUT2D eigenvalue weighted by atomic mass is 10.1.